The van der Waals surface area contributed by atoms with Crippen molar-refractivity contribution in [2.24, 2.45) is 7.05 Å². The van der Waals surface area contributed by atoms with Gasteiger partial charge in [0.1, 0.15) is 11.5 Å². The fraction of sp³-hybridized carbons (Fsp3) is 0.333. The smallest absolute Gasteiger partial charge is 0.333 e. The topological polar surface area (TPSA) is 102 Å². The first-order chi connectivity index (χ1) is 8.09. The number of imidazole rings is 1. The van der Waals surface area contributed by atoms with Gasteiger partial charge >= 0.3 is 5.69 Å². The summed E-state index contributed by atoms with van der Waals surface area (Å²) in [6, 6.07) is 0. The Bertz CT molecular complexity index is 530. The molecule has 0 aliphatic carbocycles. The van der Waals surface area contributed by atoms with Crippen LogP contribution >= 0.6 is 0 Å². The van der Waals surface area contributed by atoms with Gasteiger partial charge in [-0.3, -0.25) is 10.1 Å². The van der Waals surface area contributed by atoms with Gasteiger partial charge < -0.3 is 10.3 Å². The predicted octanol–water partition coefficient (Wildman–Crippen LogP) is 0.972. The van der Waals surface area contributed by atoms with Crippen molar-refractivity contribution in [3.05, 3.63) is 34.0 Å². The first-order valence-corrected chi connectivity index (χ1v) is 4.99. The molecule has 2 heterocycles. The zero-order valence-corrected chi connectivity index (χ0v) is 9.47. The van der Waals surface area contributed by atoms with E-state index in [1.165, 1.54) is 4.68 Å². The molecular formula is C9H12N6O2. The summed E-state index contributed by atoms with van der Waals surface area (Å²) in [6.45, 7) is 1.99. The summed E-state index contributed by atoms with van der Waals surface area (Å²) < 4.78 is 1.45. The van der Waals surface area contributed by atoms with E-state index in [2.05, 4.69) is 20.4 Å². The Labute approximate surface area is 96.8 Å². The van der Waals surface area contributed by atoms with Crippen LogP contribution in [0.4, 0.5) is 11.5 Å². The SMILES string of the molecule is Cc1nn(C)c(NCc2ncc[nH]2)c1[N+](=O)[O-]. The van der Waals surface area contributed by atoms with Gasteiger partial charge in [-0.15, -0.1) is 0 Å². The molecule has 0 saturated heterocycles. The van der Waals surface area contributed by atoms with E-state index < -0.39 is 4.92 Å². The van der Waals surface area contributed by atoms with Gasteiger partial charge in [0.2, 0.25) is 5.82 Å². The van der Waals surface area contributed by atoms with Crippen LogP contribution in [0.3, 0.4) is 0 Å². The van der Waals surface area contributed by atoms with Gasteiger partial charge in [-0.2, -0.15) is 5.10 Å². The van der Waals surface area contributed by atoms with E-state index in [4.69, 9.17) is 0 Å². The average Bonchev–Trinajstić information content (AvgIpc) is 2.83. The summed E-state index contributed by atoms with van der Waals surface area (Å²) in [5.41, 5.74) is 0.388. The molecule has 0 spiro atoms. The van der Waals surface area contributed by atoms with Crippen molar-refractivity contribution < 1.29 is 4.92 Å². The van der Waals surface area contributed by atoms with Crippen molar-refractivity contribution in [3.8, 4) is 0 Å². The zero-order valence-electron chi connectivity index (χ0n) is 9.47. The summed E-state index contributed by atoms with van der Waals surface area (Å²) in [6.07, 6.45) is 3.32. The van der Waals surface area contributed by atoms with E-state index in [1.807, 2.05) is 0 Å². The predicted molar refractivity (Wildman–Crippen MR) is 60.5 cm³/mol. The largest absolute Gasteiger partial charge is 0.357 e. The van der Waals surface area contributed by atoms with Gasteiger partial charge in [-0.05, 0) is 6.92 Å². The molecule has 2 rings (SSSR count). The van der Waals surface area contributed by atoms with E-state index in [0.717, 1.165) is 0 Å². The minimum atomic E-state index is -0.438. The van der Waals surface area contributed by atoms with Crippen LogP contribution in [0.15, 0.2) is 12.4 Å². The first kappa shape index (κ1) is 11.1. The lowest BCUT2D eigenvalue weighted by atomic mass is 10.4. The maximum absolute atomic E-state index is 10.9. The van der Waals surface area contributed by atoms with Crippen molar-refractivity contribution in [2.75, 3.05) is 5.32 Å². The van der Waals surface area contributed by atoms with Crippen molar-refractivity contribution in [1.82, 2.24) is 19.7 Å². The summed E-state index contributed by atoms with van der Waals surface area (Å²) >= 11 is 0. The number of hydrogen-bond donors (Lipinski definition) is 2. The number of nitro groups is 1. The number of nitrogens with one attached hydrogen (secondary N) is 2. The molecule has 0 fully saturated rings. The number of aryl methyl sites for hydroxylation is 2. The lowest BCUT2D eigenvalue weighted by Crippen LogP contribution is -2.07. The molecule has 0 saturated carbocycles. The van der Waals surface area contributed by atoms with E-state index in [1.54, 1.807) is 26.4 Å². The molecule has 8 heteroatoms. The summed E-state index contributed by atoms with van der Waals surface area (Å²) in [5, 5.41) is 17.9. The van der Waals surface area contributed by atoms with Crippen LogP contribution in [-0.2, 0) is 13.6 Å². The average molecular weight is 236 g/mol. The maximum atomic E-state index is 10.9. The summed E-state index contributed by atoms with van der Waals surface area (Å²) in [5.74, 6) is 1.09. The van der Waals surface area contributed by atoms with Gasteiger partial charge in [-0.25, -0.2) is 9.67 Å². The number of hydrogen-bond acceptors (Lipinski definition) is 5. The molecule has 8 nitrogen and oxygen atoms in total. The second kappa shape index (κ2) is 4.24. The molecule has 2 aromatic heterocycles. The van der Waals surface area contributed by atoms with Crippen molar-refractivity contribution in [3.63, 3.8) is 0 Å². The number of aromatic amines is 1. The lowest BCUT2D eigenvalue weighted by molar-refractivity contribution is -0.384. The van der Waals surface area contributed by atoms with E-state index in [-0.39, 0.29) is 5.69 Å². The standard InChI is InChI=1S/C9H12N6O2/c1-6-8(15(16)17)9(14(2)13-6)12-5-7-10-3-4-11-7/h3-4,12H,5H2,1-2H3,(H,10,11). The van der Waals surface area contributed by atoms with Crippen molar-refractivity contribution in [2.45, 2.75) is 13.5 Å². The first-order valence-electron chi connectivity index (χ1n) is 4.99. The fourth-order valence-corrected chi connectivity index (χ4v) is 1.63. The molecule has 90 valence electrons. The Morgan fingerprint density at radius 2 is 2.41 bits per heavy atom. The molecule has 17 heavy (non-hydrogen) atoms. The Morgan fingerprint density at radius 1 is 1.65 bits per heavy atom. The van der Waals surface area contributed by atoms with Crippen molar-refractivity contribution in [1.29, 1.82) is 0 Å². The Hall–Kier alpha value is -2.38. The molecule has 0 bridgehead atoms. The third kappa shape index (κ3) is 2.10. The van der Waals surface area contributed by atoms with E-state index in [0.29, 0.717) is 23.9 Å². The molecule has 0 radical (unpaired) electrons. The number of nitrogens with zero attached hydrogens (tertiary/aromatic N) is 4. The Kier molecular flexibility index (Phi) is 2.77. The van der Waals surface area contributed by atoms with E-state index >= 15 is 0 Å². The van der Waals surface area contributed by atoms with Crippen LogP contribution in [0.5, 0.6) is 0 Å². The molecule has 0 atom stereocenters. The van der Waals surface area contributed by atoms with Crippen LogP contribution in [0.2, 0.25) is 0 Å². The highest BCUT2D eigenvalue weighted by Crippen LogP contribution is 2.27. The van der Waals surface area contributed by atoms with E-state index in [9.17, 15) is 10.1 Å². The molecule has 0 unspecified atom stereocenters. The number of H-pyrrole nitrogens is 1. The molecular weight excluding hydrogens is 224 g/mol. The minimum absolute atomic E-state index is 0.000874. The van der Waals surface area contributed by atoms with Gasteiger partial charge in [0.15, 0.2) is 0 Å². The maximum Gasteiger partial charge on any atom is 0.333 e. The molecule has 0 aliphatic heterocycles. The zero-order chi connectivity index (χ0) is 12.4. The minimum Gasteiger partial charge on any atom is -0.357 e. The quantitative estimate of drug-likeness (QED) is 0.608. The molecule has 0 aliphatic rings. The number of rotatable bonds is 4. The lowest BCUT2D eigenvalue weighted by Gasteiger charge is -2.03. The molecule has 0 aromatic carbocycles. The van der Waals surface area contributed by atoms with Crippen LogP contribution in [0.1, 0.15) is 11.5 Å². The summed E-state index contributed by atoms with van der Waals surface area (Å²) in [4.78, 5) is 17.4. The van der Waals surface area contributed by atoms with Gasteiger partial charge in [-0.1, -0.05) is 0 Å². The number of anilines is 1. The van der Waals surface area contributed by atoms with Crippen molar-refractivity contribution >= 4 is 11.5 Å². The van der Waals surface area contributed by atoms with Crippen LogP contribution in [0.25, 0.3) is 0 Å². The fourth-order valence-electron chi connectivity index (χ4n) is 1.63. The Morgan fingerprint density at radius 3 is 3.00 bits per heavy atom. The normalized spacial score (nSPS) is 10.5. The highest BCUT2D eigenvalue weighted by atomic mass is 16.6. The second-order valence-corrected chi connectivity index (χ2v) is 3.55. The van der Waals surface area contributed by atoms with Gasteiger partial charge in [0.25, 0.3) is 0 Å². The Balaban J connectivity index is 2.23. The molecule has 2 N–H and O–H groups in total. The third-order valence-electron chi connectivity index (χ3n) is 2.35. The van der Waals surface area contributed by atoms with Crippen LogP contribution in [0, 0.1) is 17.0 Å². The monoisotopic (exact) mass is 236 g/mol. The van der Waals surface area contributed by atoms with Gasteiger partial charge in [0, 0.05) is 19.4 Å². The second-order valence-electron chi connectivity index (χ2n) is 3.55. The van der Waals surface area contributed by atoms with Gasteiger partial charge in [0.05, 0.1) is 11.5 Å². The highest BCUT2D eigenvalue weighted by molar-refractivity contribution is 5.59. The molecule has 0 amide bonds. The summed E-state index contributed by atoms with van der Waals surface area (Å²) in [7, 11) is 1.66. The van der Waals surface area contributed by atoms with Crippen LogP contribution in [-0.4, -0.2) is 24.7 Å². The highest BCUT2D eigenvalue weighted by Gasteiger charge is 2.23. The van der Waals surface area contributed by atoms with Crippen LogP contribution < -0.4 is 5.32 Å². The molecule has 2 aromatic rings. The third-order valence-corrected chi connectivity index (χ3v) is 2.35. The number of aromatic nitrogens is 4.